The first-order valence-corrected chi connectivity index (χ1v) is 12.7. The number of carbonyl (C=O) groups is 1. The number of hydrogen-bond donors (Lipinski definition) is 1. The second kappa shape index (κ2) is 4.09. The quantitative estimate of drug-likeness (QED) is 0.618. The van der Waals surface area contributed by atoms with Crippen LogP contribution in [0.1, 0.15) is 0 Å². The molecule has 0 saturated heterocycles. The molecule has 1 aliphatic rings. The average molecular weight is 254 g/mol. The summed E-state index contributed by atoms with van der Waals surface area (Å²) in [6.45, 7) is 13.6. The summed E-state index contributed by atoms with van der Waals surface area (Å²) in [4.78, 5) is 11.1. The van der Waals surface area contributed by atoms with E-state index in [0.717, 1.165) is 17.4 Å². The average Bonchev–Trinajstić information content (AvgIpc) is 1.98. The molecule has 4 heteroatoms. The van der Waals surface area contributed by atoms with Crippen molar-refractivity contribution >= 4 is 22.4 Å². The molecule has 0 heterocycles. The van der Waals surface area contributed by atoms with E-state index in [1.807, 2.05) is 0 Å². The predicted octanol–water partition coefficient (Wildman–Crippen LogP) is 2.54. The molecule has 16 heavy (non-hydrogen) atoms. The normalized spacial score (nSPS) is 17.7. The Hall–Kier alpha value is -0.456. The van der Waals surface area contributed by atoms with Crippen LogP contribution in [0.4, 0.5) is 0 Å². The number of rotatable bonds is 4. The second-order valence-corrected chi connectivity index (χ2v) is 16.4. The summed E-state index contributed by atoms with van der Waals surface area (Å²) in [5.74, 6) is 0. The Morgan fingerprint density at radius 1 is 1.00 bits per heavy atom. The zero-order chi connectivity index (χ0) is 12.7. The number of aliphatic hydroxyl groups excluding tert-OH is 1. The Kier molecular flexibility index (Phi) is 3.48. The fraction of sp³-hybridized carbons (Fsp3) is 0.583. The van der Waals surface area contributed by atoms with Gasteiger partial charge in [0.2, 0.25) is 0 Å². The van der Waals surface area contributed by atoms with Gasteiger partial charge in [-0.05, 0) is 10.8 Å². The van der Waals surface area contributed by atoms with Gasteiger partial charge in [-0.2, -0.15) is 0 Å². The Balaban J connectivity index is 3.32. The highest BCUT2D eigenvalue weighted by atomic mass is 28.3. The van der Waals surface area contributed by atoms with Crippen molar-refractivity contribution in [3.63, 3.8) is 0 Å². The first-order valence-electron chi connectivity index (χ1n) is 5.69. The Labute approximate surface area is 100 Å². The van der Waals surface area contributed by atoms with Gasteiger partial charge in [0.1, 0.15) is 6.29 Å². The zero-order valence-electron chi connectivity index (χ0n) is 11.1. The van der Waals surface area contributed by atoms with Gasteiger partial charge in [-0.3, -0.25) is 4.79 Å². The molecule has 0 aromatic rings. The molecular formula is C12H22O2Si2. The maximum atomic E-state index is 11.1. The maximum Gasteiger partial charge on any atom is 0.150 e. The lowest BCUT2D eigenvalue weighted by Crippen LogP contribution is -2.42. The SMILES string of the molecule is C[Si](C)(C)C1=C([Si](C)(C)C)C(CO)=C1C=O. The molecule has 0 spiro atoms. The number of aliphatic hydroxyl groups is 1. The molecule has 0 aromatic carbocycles. The summed E-state index contributed by atoms with van der Waals surface area (Å²) in [7, 11) is -2.93. The molecule has 2 nitrogen and oxygen atoms in total. The van der Waals surface area contributed by atoms with Crippen LogP contribution in [0.25, 0.3) is 0 Å². The largest absolute Gasteiger partial charge is 0.392 e. The van der Waals surface area contributed by atoms with E-state index in [0.29, 0.717) is 0 Å². The lowest BCUT2D eigenvalue weighted by atomic mass is 9.99. The van der Waals surface area contributed by atoms with Gasteiger partial charge in [-0.25, -0.2) is 0 Å². The smallest absolute Gasteiger partial charge is 0.150 e. The number of hydrogen-bond acceptors (Lipinski definition) is 2. The molecule has 1 N–H and O–H groups in total. The number of aldehydes is 1. The minimum atomic E-state index is -1.47. The molecule has 1 aliphatic carbocycles. The third kappa shape index (κ3) is 2.14. The minimum Gasteiger partial charge on any atom is -0.392 e. The van der Waals surface area contributed by atoms with E-state index in [-0.39, 0.29) is 6.61 Å². The molecule has 0 saturated carbocycles. The van der Waals surface area contributed by atoms with Crippen molar-refractivity contribution in [3.8, 4) is 0 Å². The van der Waals surface area contributed by atoms with Gasteiger partial charge >= 0.3 is 0 Å². The van der Waals surface area contributed by atoms with E-state index in [1.165, 1.54) is 10.4 Å². The molecule has 0 unspecified atom stereocenters. The van der Waals surface area contributed by atoms with Gasteiger partial charge in [-0.1, -0.05) is 44.5 Å². The molecule has 0 radical (unpaired) electrons. The minimum absolute atomic E-state index is 0.0155. The molecule has 1 rings (SSSR count). The van der Waals surface area contributed by atoms with E-state index in [4.69, 9.17) is 0 Å². The lowest BCUT2D eigenvalue weighted by molar-refractivity contribution is -0.104. The monoisotopic (exact) mass is 254 g/mol. The van der Waals surface area contributed by atoms with Gasteiger partial charge < -0.3 is 5.11 Å². The van der Waals surface area contributed by atoms with E-state index in [9.17, 15) is 9.90 Å². The predicted molar refractivity (Wildman–Crippen MR) is 73.9 cm³/mol. The maximum absolute atomic E-state index is 11.1. The molecule has 0 aromatic heterocycles. The summed E-state index contributed by atoms with van der Waals surface area (Å²) >= 11 is 0. The van der Waals surface area contributed by atoms with Crippen molar-refractivity contribution in [3.05, 3.63) is 21.5 Å². The van der Waals surface area contributed by atoms with Crippen molar-refractivity contribution in [1.82, 2.24) is 0 Å². The van der Waals surface area contributed by atoms with E-state index in [2.05, 4.69) is 39.3 Å². The van der Waals surface area contributed by atoms with Gasteiger partial charge in [0.05, 0.1) is 22.8 Å². The molecule has 0 aliphatic heterocycles. The number of carbonyl (C=O) groups excluding carboxylic acids is 1. The van der Waals surface area contributed by atoms with Crippen molar-refractivity contribution < 1.29 is 9.90 Å². The summed E-state index contributed by atoms with van der Waals surface area (Å²) in [5.41, 5.74) is 1.73. The highest BCUT2D eigenvalue weighted by Gasteiger charge is 2.41. The number of allylic oxidation sites excluding steroid dienone is 2. The van der Waals surface area contributed by atoms with Gasteiger partial charge in [0, 0.05) is 5.57 Å². The third-order valence-electron chi connectivity index (χ3n) is 2.92. The summed E-state index contributed by atoms with van der Waals surface area (Å²) < 4.78 is 0. The van der Waals surface area contributed by atoms with E-state index >= 15 is 0 Å². The van der Waals surface area contributed by atoms with Crippen LogP contribution in [-0.4, -0.2) is 34.1 Å². The summed E-state index contributed by atoms with van der Waals surface area (Å²) in [6, 6.07) is 0. The van der Waals surface area contributed by atoms with Crippen LogP contribution in [0.15, 0.2) is 21.5 Å². The van der Waals surface area contributed by atoms with Crippen LogP contribution >= 0.6 is 0 Å². The first-order chi connectivity index (χ1) is 7.14. The van der Waals surface area contributed by atoms with Crippen LogP contribution in [-0.2, 0) is 4.79 Å². The lowest BCUT2D eigenvalue weighted by Gasteiger charge is -2.40. The third-order valence-corrected chi connectivity index (χ3v) is 7.24. The van der Waals surface area contributed by atoms with Crippen molar-refractivity contribution in [2.75, 3.05) is 6.61 Å². The van der Waals surface area contributed by atoms with Crippen molar-refractivity contribution in [2.24, 2.45) is 0 Å². The fourth-order valence-electron chi connectivity index (χ4n) is 2.41. The standard InChI is InChI=1S/C12H22O2Si2/c1-15(2,3)11-9(7-13)10(8-14)12(11)16(4,5)6/h7,14H,8H2,1-6H3. The first kappa shape index (κ1) is 13.6. The molecular weight excluding hydrogens is 232 g/mol. The Bertz CT molecular complexity index is 379. The zero-order valence-corrected chi connectivity index (χ0v) is 13.1. The van der Waals surface area contributed by atoms with Crippen LogP contribution in [0.3, 0.4) is 0 Å². The molecule has 0 fully saturated rings. The van der Waals surface area contributed by atoms with E-state index < -0.39 is 16.1 Å². The van der Waals surface area contributed by atoms with Crippen LogP contribution < -0.4 is 0 Å². The van der Waals surface area contributed by atoms with Crippen molar-refractivity contribution in [2.45, 2.75) is 39.3 Å². The van der Waals surface area contributed by atoms with Crippen LogP contribution in [0, 0.1) is 0 Å². The molecule has 0 bridgehead atoms. The van der Waals surface area contributed by atoms with Gasteiger partial charge in [-0.15, -0.1) is 0 Å². The second-order valence-electron chi connectivity index (χ2n) is 6.42. The topological polar surface area (TPSA) is 37.3 Å². The van der Waals surface area contributed by atoms with Gasteiger partial charge in [0.15, 0.2) is 0 Å². The molecule has 90 valence electrons. The van der Waals surface area contributed by atoms with Crippen LogP contribution in [0.5, 0.6) is 0 Å². The summed E-state index contributed by atoms with van der Waals surface area (Å²) in [5, 5.41) is 12.1. The van der Waals surface area contributed by atoms with Crippen LogP contribution in [0.2, 0.25) is 39.3 Å². The molecule has 0 atom stereocenters. The Morgan fingerprint density at radius 3 is 1.69 bits per heavy atom. The van der Waals surface area contributed by atoms with Gasteiger partial charge in [0.25, 0.3) is 0 Å². The highest BCUT2D eigenvalue weighted by Crippen LogP contribution is 2.43. The summed E-state index contributed by atoms with van der Waals surface area (Å²) in [6.07, 6.45) is 0.933. The van der Waals surface area contributed by atoms with E-state index in [1.54, 1.807) is 0 Å². The van der Waals surface area contributed by atoms with Crippen molar-refractivity contribution in [1.29, 1.82) is 0 Å². The Morgan fingerprint density at radius 2 is 1.44 bits per heavy atom. The fourth-order valence-corrected chi connectivity index (χ4v) is 8.58. The molecule has 0 amide bonds. The highest BCUT2D eigenvalue weighted by molar-refractivity contribution is 6.92.